The van der Waals surface area contributed by atoms with Gasteiger partial charge in [0.05, 0.1) is 36.6 Å². The first-order chi connectivity index (χ1) is 15.1. The first kappa shape index (κ1) is 20.8. The van der Waals surface area contributed by atoms with Crippen LogP contribution in [0.1, 0.15) is 57.1 Å². The third kappa shape index (κ3) is 2.88. The highest BCUT2D eigenvalue weighted by Gasteiger charge is 2.63. The molecule has 5 aliphatic rings. The molecule has 2 heterocycles. The van der Waals surface area contributed by atoms with Crippen molar-refractivity contribution < 1.29 is 17.9 Å². The summed E-state index contributed by atoms with van der Waals surface area (Å²) < 4.78 is 44.0. The SMILES string of the molecule is CC1(NS(C)(=O)=O)C2CC3CC1CC(C(O)CC1c4c(F)cccc4-c4cncn41)(C3)C2. The summed E-state index contributed by atoms with van der Waals surface area (Å²) in [7, 11) is -3.32. The molecule has 7 rings (SSSR count). The number of sulfonamides is 1. The van der Waals surface area contributed by atoms with Gasteiger partial charge in [-0.25, -0.2) is 22.5 Å². The van der Waals surface area contributed by atoms with E-state index < -0.39 is 21.7 Å². The summed E-state index contributed by atoms with van der Waals surface area (Å²) >= 11 is 0. The Labute approximate surface area is 188 Å². The summed E-state index contributed by atoms with van der Waals surface area (Å²) in [6, 6.07) is 4.86. The van der Waals surface area contributed by atoms with Crippen molar-refractivity contribution in [3.05, 3.63) is 42.1 Å². The fourth-order valence-electron chi connectivity index (χ4n) is 7.95. The van der Waals surface area contributed by atoms with Crippen molar-refractivity contribution in [1.29, 1.82) is 0 Å². The van der Waals surface area contributed by atoms with Crippen LogP contribution in [-0.2, 0) is 10.0 Å². The number of benzene rings is 1. The van der Waals surface area contributed by atoms with Gasteiger partial charge in [0.25, 0.3) is 0 Å². The summed E-state index contributed by atoms with van der Waals surface area (Å²) in [5, 5.41) is 11.7. The van der Waals surface area contributed by atoms with Gasteiger partial charge in [-0.1, -0.05) is 12.1 Å². The molecular formula is C24H30FN3O3S. The molecule has 1 aromatic heterocycles. The van der Waals surface area contributed by atoms with E-state index in [1.54, 1.807) is 18.6 Å². The second kappa shape index (κ2) is 6.64. The Morgan fingerprint density at radius 3 is 2.69 bits per heavy atom. The maximum absolute atomic E-state index is 14.9. The predicted molar refractivity (Wildman–Crippen MR) is 119 cm³/mol. The molecule has 2 aromatic rings. The van der Waals surface area contributed by atoms with E-state index in [0.717, 1.165) is 43.4 Å². The second-order valence-electron chi connectivity index (χ2n) is 11.0. The molecule has 4 unspecified atom stereocenters. The minimum atomic E-state index is -3.32. The van der Waals surface area contributed by atoms with Crippen LogP contribution in [0, 0.1) is 29.0 Å². The lowest BCUT2D eigenvalue weighted by Crippen LogP contribution is -2.68. The summed E-state index contributed by atoms with van der Waals surface area (Å²) in [5.74, 6) is 0.718. The van der Waals surface area contributed by atoms with E-state index in [0.29, 0.717) is 17.9 Å². The first-order valence-corrected chi connectivity index (χ1v) is 13.5. The number of nitrogens with zero attached hydrogens (tertiary/aromatic N) is 2. The Morgan fingerprint density at radius 2 is 2.00 bits per heavy atom. The zero-order chi connectivity index (χ0) is 22.5. The van der Waals surface area contributed by atoms with Crippen molar-refractivity contribution in [1.82, 2.24) is 14.3 Å². The Bertz CT molecular complexity index is 1180. The molecule has 8 heteroatoms. The van der Waals surface area contributed by atoms with Crippen molar-refractivity contribution in [2.45, 2.75) is 63.1 Å². The minimum absolute atomic E-state index is 0.217. The Kier molecular flexibility index (Phi) is 4.32. The largest absolute Gasteiger partial charge is 0.392 e. The lowest BCUT2D eigenvalue weighted by atomic mass is 9.43. The number of aromatic nitrogens is 2. The third-order valence-corrected chi connectivity index (χ3v) is 9.97. The quantitative estimate of drug-likeness (QED) is 0.717. The molecule has 2 N–H and O–H groups in total. The Morgan fingerprint density at radius 1 is 1.28 bits per heavy atom. The normalized spacial score (nSPS) is 38.0. The van der Waals surface area contributed by atoms with Crippen molar-refractivity contribution in [2.24, 2.45) is 23.2 Å². The molecule has 4 saturated carbocycles. The number of hydrogen-bond acceptors (Lipinski definition) is 4. The number of aliphatic hydroxyl groups excluding tert-OH is 1. The fourth-order valence-corrected chi connectivity index (χ4v) is 9.09. The van der Waals surface area contributed by atoms with Crippen LogP contribution in [0.3, 0.4) is 0 Å². The van der Waals surface area contributed by atoms with Gasteiger partial charge in [0, 0.05) is 16.7 Å². The maximum atomic E-state index is 14.9. The van der Waals surface area contributed by atoms with E-state index in [-0.39, 0.29) is 29.1 Å². The van der Waals surface area contributed by atoms with Crippen LogP contribution in [0.2, 0.25) is 0 Å². The van der Waals surface area contributed by atoms with Crippen LogP contribution < -0.4 is 4.72 Å². The van der Waals surface area contributed by atoms with E-state index in [4.69, 9.17) is 0 Å². The molecule has 4 fully saturated rings. The number of hydrogen-bond donors (Lipinski definition) is 2. The highest BCUT2D eigenvalue weighted by molar-refractivity contribution is 7.88. The van der Waals surface area contributed by atoms with Gasteiger partial charge in [-0.3, -0.25) is 0 Å². The predicted octanol–water partition coefficient (Wildman–Crippen LogP) is 3.48. The van der Waals surface area contributed by atoms with E-state index in [2.05, 4.69) is 16.6 Å². The highest BCUT2D eigenvalue weighted by atomic mass is 32.2. The molecule has 0 spiro atoms. The van der Waals surface area contributed by atoms with Crippen molar-refractivity contribution in [2.75, 3.05) is 6.26 Å². The van der Waals surface area contributed by atoms with Gasteiger partial charge in [0.15, 0.2) is 0 Å². The van der Waals surface area contributed by atoms with Crippen molar-refractivity contribution in [3.8, 4) is 11.3 Å². The average molecular weight is 460 g/mol. The topological polar surface area (TPSA) is 84.2 Å². The standard InChI is InChI=1S/C24H30FN3O3S/c1-23(27-32(2,30)31)15-6-14-7-16(23)11-24(9-14,10-15)21(29)8-19-22-17(4-3-5-18(22)25)20-12-26-13-28(19)20/h3-5,12-16,19,21,27,29H,6-11H2,1-2H3. The van der Waals surface area contributed by atoms with Gasteiger partial charge in [0.1, 0.15) is 5.82 Å². The number of nitrogens with one attached hydrogen (secondary N) is 1. The summed E-state index contributed by atoms with van der Waals surface area (Å²) in [6.07, 6.45) is 9.22. The number of rotatable bonds is 5. The zero-order valence-electron chi connectivity index (χ0n) is 18.5. The zero-order valence-corrected chi connectivity index (χ0v) is 19.3. The van der Waals surface area contributed by atoms with Crippen LogP contribution in [0.5, 0.6) is 0 Å². The molecule has 4 atom stereocenters. The number of imidazole rings is 1. The molecule has 4 bridgehead atoms. The van der Waals surface area contributed by atoms with Crippen molar-refractivity contribution >= 4 is 10.0 Å². The molecule has 172 valence electrons. The van der Waals surface area contributed by atoms with Gasteiger partial charge < -0.3 is 9.67 Å². The van der Waals surface area contributed by atoms with Crippen molar-refractivity contribution in [3.63, 3.8) is 0 Å². The maximum Gasteiger partial charge on any atom is 0.209 e. The molecule has 0 amide bonds. The third-order valence-electron chi connectivity index (χ3n) is 9.16. The van der Waals surface area contributed by atoms with Crippen LogP contribution in [0.4, 0.5) is 4.39 Å². The molecule has 0 radical (unpaired) electrons. The van der Waals surface area contributed by atoms with Crippen LogP contribution in [-0.4, -0.2) is 41.0 Å². The van der Waals surface area contributed by atoms with E-state index in [1.165, 1.54) is 12.3 Å². The molecular weight excluding hydrogens is 429 g/mol. The molecule has 6 nitrogen and oxygen atoms in total. The van der Waals surface area contributed by atoms with Crippen LogP contribution >= 0.6 is 0 Å². The molecule has 32 heavy (non-hydrogen) atoms. The molecule has 1 aromatic carbocycles. The van der Waals surface area contributed by atoms with Gasteiger partial charge >= 0.3 is 0 Å². The van der Waals surface area contributed by atoms with Crippen LogP contribution in [0.15, 0.2) is 30.7 Å². The Balaban J connectivity index is 1.31. The number of fused-ring (bicyclic) bond motifs is 3. The highest BCUT2D eigenvalue weighted by Crippen LogP contribution is 2.65. The lowest BCUT2D eigenvalue weighted by Gasteiger charge is -2.65. The monoisotopic (exact) mass is 459 g/mol. The summed E-state index contributed by atoms with van der Waals surface area (Å²) in [6.45, 7) is 2.06. The average Bonchev–Trinajstić information content (AvgIpc) is 3.28. The summed E-state index contributed by atoms with van der Waals surface area (Å²) in [5.41, 5.74) is 1.72. The van der Waals surface area contributed by atoms with E-state index >= 15 is 0 Å². The van der Waals surface area contributed by atoms with Crippen LogP contribution in [0.25, 0.3) is 11.3 Å². The summed E-state index contributed by atoms with van der Waals surface area (Å²) in [4.78, 5) is 4.27. The van der Waals surface area contributed by atoms with Gasteiger partial charge in [-0.2, -0.15) is 0 Å². The molecule has 4 aliphatic carbocycles. The number of aliphatic hydroxyl groups is 1. The van der Waals surface area contributed by atoms with Gasteiger partial charge in [-0.05, 0) is 74.7 Å². The Hall–Kier alpha value is -1.77. The van der Waals surface area contributed by atoms with Gasteiger partial charge in [-0.15, -0.1) is 0 Å². The second-order valence-corrected chi connectivity index (χ2v) is 12.8. The van der Waals surface area contributed by atoms with E-state index in [9.17, 15) is 17.9 Å². The molecule has 0 saturated heterocycles. The van der Waals surface area contributed by atoms with E-state index in [1.807, 2.05) is 10.6 Å². The lowest BCUT2D eigenvalue weighted by molar-refractivity contribution is -0.158. The minimum Gasteiger partial charge on any atom is -0.392 e. The smallest absolute Gasteiger partial charge is 0.209 e. The van der Waals surface area contributed by atoms with Gasteiger partial charge in [0.2, 0.25) is 10.0 Å². The fraction of sp³-hybridized carbons (Fsp3) is 0.625. The number of halogens is 1. The first-order valence-electron chi connectivity index (χ1n) is 11.6. The molecule has 1 aliphatic heterocycles.